The number of benzene rings is 1. The highest BCUT2D eigenvalue weighted by Gasteiger charge is 2.33. The zero-order chi connectivity index (χ0) is 14.2. The summed E-state index contributed by atoms with van der Waals surface area (Å²) in [7, 11) is -3.44. The smallest absolute Gasteiger partial charge is 0.243 e. The number of anilines is 1. The van der Waals surface area contributed by atoms with E-state index < -0.39 is 10.0 Å². The Morgan fingerprint density at radius 3 is 3.05 bits per heavy atom. The van der Waals surface area contributed by atoms with Gasteiger partial charge in [0.05, 0.1) is 18.1 Å². The minimum atomic E-state index is -3.44. The second-order valence-electron chi connectivity index (χ2n) is 5.35. The van der Waals surface area contributed by atoms with E-state index in [-0.39, 0.29) is 6.04 Å². The molecule has 1 atom stereocenters. The Bertz CT molecular complexity index is 600. The zero-order valence-electron chi connectivity index (χ0n) is 11.6. The van der Waals surface area contributed by atoms with Gasteiger partial charge in [-0.05, 0) is 37.5 Å². The lowest BCUT2D eigenvalue weighted by molar-refractivity contribution is 0.0392. The van der Waals surface area contributed by atoms with Crippen LogP contribution in [0.4, 0.5) is 5.69 Å². The van der Waals surface area contributed by atoms with Crippen molar-refractivity contribution in [1.29, 1.82) is 0 Å². The molecule has 0 radical (unpaired) electrons. The van der Waals surface area contributed by atoms with Gasteiger partial charge in [-0.15, -0.1) is 0 Å². The topological polar surface area (TPSA) is 58.6 Å². The van der Waals surface area contributed by atoms with Crippen molar-refractivity contribution in [1.82, 2.24) is 4.31 Å². The highest BCUT2D eigenvalue weighted by Crippen LogP contribution is 2.31. The van der Waals surface area contributed by atoms with Gasteiger partial charge < -0.3 is 10.1 Å². The normalized spacial score (nSPS) is 23.9. The molecule has 0 amide bonds. The number of nitrogens with zero attached hydrogens (tertiary/aromatic N) is 1. The van der Waals surface area contributed by atoms with Gasteiger partial charge in [-0.3, -0.25) is 0 Å². The van der Waals surface area contributed by atoms with Crippen LogP contribution >= 0.6 is 0 Å². The van der Waals surface area contributed by atoms with Gasteiger partial charge in [-0.1, -0.05) is 6.07 Å². The summed E-state index contributed by atoms with van der Waals surface area (Å²) in [6, 6.07) is 5.38. The first-order valence-electron chi connectivity index (χ1n) is 7.06. The molecule has 110 valence electrons. The van der Waals surface area contributed by atoms with Crippen LogP contribution in [0.3, 0.4) is 0 Å². The molecule has 2 aliphatic heterocycles. The molecule has 1 fully saturated rings. The van der Waals surface area contributed by atoms with Crippen LogP contribution in [0, 0.1) is 0 Å². The summed E-state index contributed by atoms with van der Waals surface area (Å²) in [5.41, 5.74) is 1.88. The number of hydrogen-bond acceptors (Lipinski definition) is 4. The lowest BCUT2D eigenvalue weighted by Crippen LogP contribution is -2.47. The number of ether oxygens (including phenoxy) is 1. The quantitative estimate of drug-likeness (QED) is 0.897. The van der Waals surface area contributed by atoms with Crippen molar-refractivity contribution in [2.24, 2.45) is 0 Å². The summed E-state index contributed by atoms with van der Waals surface area (Å²) in [5, 5.41) is 3.28. The van der Waals surface area contributed by atoms with Crippen LogP contribution in [0.1, 0.15) is 18.9 Å². The largest absolute Gasteiger partial charge is 0.385 e. The predicted molar refractivity (Wildman–Crippen MR) is 77.4 cm³/mol. The fourth-order valence-corrected chi connectivity index (χ4v) is 4.79. The first kappa shape index (κ1) is 13.9. The van der Waals surface area contributed by atoms with E-state index in [0.29, 0.717) is 24.7 Å². The first-order valence-corrected chi connectivity index (χ1v) is 8.50. The first-order chi connectivity index (χ1) is 9.60. The molecule has 0 bridgehead atoms. The number of nitrogens with one attached hydrogen (secondary N) is 1. The van der Waals surface area contributed by atoms with E-state index in [0.717, 1.165) is 30.6 Å². The summed E-state index contributed by atoms with van der Waals surface area (Å²) < 4.78 is 32.7. The Hall–Kier alpha value is -1.11. The number of rotatable bonds is 2. The molecule has 20 heavy (non-hydrogen) atoms. The minimum Gasteiger partial charge on any atom is -0.385 e. The third kappa shape index (κ3) is 2.32. The summed E-state index contributed by atoms with van der Waals surface area (Å²) >= 11 is 0. The van der Waals surface area contributed by atoms with E-state index in [9.17, 15) is 8.42 Å². The van der Waals surface area contributed by atoms with Crippen LogP contribution < -0.4 is 5.32 Å². The van der Waals surface area contributed by atoms with Gasteiger partial charge in [0, 0.05) is 24.8 Å². The molecule has 0 aromatic heterocycles. The van der Waals surface area contributed by atoms with Crippen molar-refractivity contribution in [2.75, 3.05) is 31.6 Å². The van der Waals surface area contributed by atoms with Gasteiger partial charge in [-0.2, -0.15) is 4.31 Å². The van der Waals surface area contributed by atoms with Gasteiger partial charge in [-0.25, -0.2) is 8.42 Å². The lowest BCUT2D eigenvalue weighted by atomic mass is 10.0. The van der Waals surface area contributed by atoms with Crippen molar-refractivity contribution in [2.45, 2.75) is 30.7 Å². The predicted octanol–water partition coefficient (Wildman–Crippen LogP) is 1.45. The maximum absolute atomic E-state index is 12.9. The summed E-state index contributed by atoms with van der Waals surface area (Å²) in [5.74, 6) is 0. The van der Waals surface area contributed by atoms with E-state index >= 15 is 0 Å². The van der Waals surface area contributed by atoms with Gasteiger partial charge >= 0.3 is 0 Å². The molecular weight excluding hydrogens is 276 g/mol. The van der Waals surface area contributed by atoms with Crippen molar-refractivity contribution in [3.63, 3.8) is 0 Å². The van der Waals surface area contributed by atoms with Crippen molar-refractivity contribution in [3.05, 3.63) is 23.8 Å². The number of fused-ring (bicyclic) bond motifs is 1. The maximum atomic E-state index is 12.9. The molecule has 1 aromatic rings. The van der Waals surface area contributed by atoms with Crippen LogP contribution in [0.25, 0.3) is 0 Å². The monoisotopic (exact) mass is 296 g/mol. The lowest BCUT2D eigenvalue weighted by Gasteiger charge is -2.33. The molecule has 1 unspecified atom stereocenters. The molecule has 1 N–H and O–H groups in total. The molecule has 0 spiro atoms. The summed E-state index contributed by atoms with van der Waals surface area (Å²) in [6.45, 7) is 4.17. The highest BCUT2D eigenvalue weighted by atomic mass is 32.2. The highest BCUT2D eigenvalue weighted by molar-refractivity contribution is 7.89. The van der Waals surface area contributed by atoms with Gasteiger partial charge in [0.2, 0.25) is 10.0 Å². The third-order valence-electron chi connectivity index (χ3n) is 3.95. The Kier molecular flexibility index (Phi) is 3.70. The molecule has 5 nitrogen and oxygen atoms in total. The van der Waals surface area contributed by atoms with Gasteiger partial charge in [0.15, 0.2) is 0 Å². The second-order valence-corrected chi connectivity index (χ2v) is 7.21. The van der Waals surface area contributed by atoms with Crippen LogP contribution in [0.2, 0.25) is 0 Å². The fraction of sp³-hybridized carbons (Fsp3) is 0.571. The molecular formula is C14H20N2O3S. The minimum absolute atomic E-state index is 0.110. The molecule has 0 aliphatic carbocycles. The van der Waals surface area contributed by atoms with E-state index in [1.165, 1.54) is 0 Å². The Balaban J connectivity index is 2.03. The standard InChI is InChI=1S/C14H20N2O3S/c1-11-10-19-9-8-16(11)20(17,18)14-6-2-5-13-12(14)4-3-7-15-13/h2,5-6,11,15H,3-4,7-10H2,1H3. The van der Waals surface area contributed by atoms with Crippen LogP contribution in [0.5, 0.6) is 0 Å². The average molecular weight is 296 g/mol. The van der Waals surface area contributed by atoms with E-state index in [4.69, 9.17) is 4.74 Å². The average Bonchev–Trinajstić information content (AvgIpc) is 2.47. The number of hydrogen-bond donors (Lipinski definition) is 1. The van der Waals surface area contributed by atoms with Gasteiger partial charge in [0.1, 0.15) is 0 Å². The summed E-state index contributed by atoms with van der Waals surface area (Å²) in [4.78, 5) is 0.455. The van der Waals surface area contributed by atoms with E-state index in [1.54, 1.807) is 10.4 Å². The van der Waals surface area contributed by atoms with Crippen molar-refractivity contribution in [3.8, 4) is 0 Å². The van der Waals surface area contributed by atoms with Gasteiger partial charge in [0.25, 0.3) is 0 Å². The Morgan fingerprint density at radius 1 is 1.40 bits per heavy atom. The molecule has 2 heterocycles. The number of sulfonamides is 1. The van der Waals surface area contributed by atoms with Crippen LogP contribution in [-0.2, 0) is 21.2 Å². The second kappa shape index (κ2) is 5.35. The maximum Gasteiger partial charge on any atom is 0.243 e. The fourth-order valence-electron chi connectivity index (χ4n) is 2.91. The van der Waals surface area contributed by atoms with Crippen molar-refractivity contribution < 1.29 is 13.2 Å². The molecule has 2 aliphatic rings. The zero-order valence-corrected chi connectivity index (χ0v) is 12.4. The number of morpholine rings is 1. The molecule has 3 rings (SSSR count). The Labute approximate surface area is 120 Å². The van der Waals surface area contributed by atoms with Crippen LogP contribution in [0.15, 0.2) is 23.1 Å². The molecule has 6 heteroatoms. The van der Waals surface area contributed by atoms with Crippen molar-refractivity contribution >= 4 is 15.7 Å². The Morgan fingerprint density at radius 2 is 2.25 bits per heavy atom. The molecule has 1 aromatic carbocycles. The van der Waals surface area contributed by atoms with E-state index in [1.807, 2.05) is 19.1 Å². The SMILES string of the molecule is CC1COCCN1S(=O)(=O)c1cccc2c1CCCN2. The molecule has 0 saturated carbocycles. The van der Waals surface area contributed by atoms with E-state index in [2.05, 4.69) is 5.32 Å². The third-order valence-corrected chi connectivity index (χ3v) is 6.04. The summed E-state index contributed by atoms with van der Waals surface area (Å²) in [6.07, 6.45) is 1.79. The van der Waals surface area contributed by atoms with Crippen LogP contribution in [-0.4, -0.2) is 45.1 Å². The molecule has 1 saturated heterocycles.